The normalized spacial score (nSPS) is 23.6. The van der Waals surface area contributed by atoms with Gasteiger partial charge in [0.25, 0.3) is 0 Å². The minimum Gasteiger partial charge on any atom is -0.388 e. The van der Waals surface area contributed by atoms with E-state index in [0.29, 0.717) is 6.61 Å². The molecular weight excluding hydrogens is 356 g/mol. The van der Waals surface area contributed by atoms with Crippen molar-refractivity contribution in [1.29, 1.82) is 0 Å². The number of allylic oxidation sites excluding steroid dienone is 1. The summed E-state index contributed by atoms with van der Waals surface area (Å²) in [6, 6.07) is 0. The lowest BCUT2D eigenvalue weighted by atomic mass is 10.1. The Kier molecular flexibility index (Phi) is 15.9. The number of aliphatic hydroxyl groups is 3. The quantitative estimate of drug-likeness (QED) is 0.238. The second-order valence-corrected chi connectivity index (χ2v) is 8.08. The highest BCUT2D eigenvalue weighted by atomic mass is 16.5. The van der Waals surface area contributed by atoms with Gasteiger partial charge >= 0.3 is 0 Å². The largest absolute Gasteiger partial charge is 0.388 e. The van der Waals surface area contributed by atoms with Crippen LogP contribution in [0.3, 0.4) is 0 Å². The summed E-state index contributed by atoms with van der Waals surface area (Å²) in [5.41, 5.74) is 0. The molecule has 1 aliphatic heterocycles. The molecule has 0 unspecified atom stereocenters. The average molecular weight is 401 g/mol. The maximum Gasteiger partial charge on any atom is 0.114 e. The van der Waals surface area contributed by atoms with E-state index in [1.54, 1.807) is 0 Å². The molecule has 0 aliphatic carbocycles. The molecule has 3 N–H and O–H groups in total. The van der Waals surface area contributed by atoms with Crippen LogP contribution >= 0.6 is 0 Å². The molecule has 1 heterocycles. The van der Waals surface area contributed by atoms with E-state index in [1.807, 2.05) is 0 Å². The summed E-state index contributed by atoms with van der Waals surface area (Å²) < 4.78 is 10.6. The third kappa shape index (κ3) is 12.2. The van der Waals surface area contributed by atoms with Crippen LogP contribution in [0.5, 0.6) is 0 Å². The van der Waals surface area contributed by atoms with Crippen molar-refractivity contribution in [3.05, 3.63) is 12.2 Å². The Balaban J connectivity index is 1.81. The molecule has 28 heavy (non-hydrogen) atoms. The summed E-state index contributed by atoms with van der Waals surface area (Å²) in [6.45, 7) is 2.98. The van der Waals surface area contributed by atoms with Crippen LogP contribution in [0.4, 0.5) is 0 Å². The fraction of sp³-hybridized carbons (Fsp3) is 0.913. The van der Waals surface area contributed by atoms with Crippen molar-refractivity contribution in [1.82, 2.24) is 0 Å². The molecular formula is C23H44O5. The van der Waals surface area contributed by atoms with Crippen LogP contribution in [0.2, 0.25) is 0 Å². The van der Waals surface area contributed by atoms with E-state index in [2.05, 4.69) is 19.1 Å². The van der Waals surface area contributed by atoms with Crippen molar-refractivity contribution in [2.24, 2.45) is 0 Å². The van der Waals surface area contributed by atoms with Gasteiger partial charge in [-0.15, -0.1) is 0 Å². The van der Waals surface area contributed by atoms with Gasteiger partial charge < -0.3 is 24.8 Å². The Morgan fingerprint density at radius 2 is 1.46 bits per heavy atom. The summed E-state index contributed by atoms with van der Waals surface area (Å²) in [6.07, 6.45) is 17.8. The lowest BCUT2D eigenvalue weighted by Crippen LogP contribution is -2.40. The zero-order valence-electron chi connectivity index (χ0n) is 17.9. The molecule has 0 aromatic carbocycles. The highest BCUT2D eigenvalue weighted by Crippen LogP contribution is 2.18. The van der Waals surface area contributed by atoms with Crippen molar-refractivity contribution < 1.29 is 24.8 Å². The van der Waals surface area contributed by atoms with Gasteiger partial charge in [0.15, 0.2) is 0 Å². The van der Waals surface area contributed by atoms with Crippen molar-refractivity contribution in [2.45, 2.75) is 115 Å². The van der Waals surface area contributed by atoms with Crippen LogP contribution in [0, 0.1) is 0 Å². The van der Waals surface area contributed by atoms with Gasteiger partial charge in [-0.1, -0.05) is 83.3 Å². The molecule has 0 aromatic rings. The molecule has 0 amide bonds. The average Bonchev–Trinajstić information content (AvgIpc) is 3.03. The van der Waals surface area contributed by atoms with Gasteiger partial charge in [-0.3, -0.25) is 0 Å². The minimum atomic E-state index is -1.04. The lowest BCUT2D eigenvalue weighted by molar-refractivity contribution is -0.0806. The van der Waals surface area contributed by atoms with Crippen LogP contribution in [-0.4, -0.2) is 59.6 Å². The van der Waals surface area contributed by atoms with Crippen LogP contribution in [0.1, 0.15) is 90.4 Å². The van der Waals surface area contributed by atoms with Gasteiger partial charge in [0, 0.05) is 0 Å². The Morgan fingerprint density at radius 1 is 0.893 bits per heavy atom. The van der Waals surface area contributed by atoms with E-state index in [1.165, 1.54) is 70.6 Å². The number of ether oxygens (including phenoxy) is 2. The molecule has 0 aromatic heterocycles. The first kappa shape index (κ1) is 25.6. The highest BCUT2D eigenvalue weighted by Gasteiger charge is 2.39. The van der Waals surface area contributed by atoms with Gasteiger partial charge in [-0.25, -0.2) is 0 Å². The lowest BCUT2D eigenvalue weighted by Gasteiger charge is -2.20. The fourth-order valence-corrected chi connectivity index (χ4v) is 3.58. The summed E-state index contributed by atoms with van der Waals surface area (Å²) in [5.74, 6) is 0. The summed E-state index contributed by atoms with van der Waals surface area (Å²) in [4.78, 5) is 0. The predicted octanol–water partition coefficient (Wildman–Crippen LogP) is 4.13. The van der Waals surface area contributed by atoms with Gasteiger partial charge in [-0.05, 0) is 19.3 Å². The second kappa shape index (κ2) is 17.4. The first-order valence-electron chi connectivity index (χ1n) is 11.5. The molecule has 1 fully saturated rings. The highest BCUT2D eigenvalue weighted by molar-refractivity contribution is 4.88. The van der Waals surface area contributed by atoms with E-state index < -0.39 is 24.4 Å². The van der Waals surface area contributed by atoms with Gasteiger partial charge in [0.05, 0.1) is 19.8 Å². The SMILES string of the molecule is CCCCCCCCCCCCC/C=C/CCOC[C@@H](O)[C@@H]1OC[C@H](O)[C@@H]1O. The zero-order valence-corrected chi connectivity index (χ0v) is 17.9. The van der Waals surface area contributed by atoms with E-state index in [9.17, 15) is 15.3 Å². The van der Waals surface area contributed by atoms with Crippen LogP contribution < -0.4 is 0 Å². The number of unbranched alkanes of at least 4 members (excludes halogenated alkanes) is 11. The minimum absolute atomic E-state index is 0.0602. The molecule has 1 saturated heterocycles. The molecule has 5 nitrogen and oxygen atoms in total. The first-order chi connectivity index (χ1) is 13.7. The number of hydrogen-bond donors (Lipinski definition) is 3. The van der Waals surface area contributed by atoms with Gasteiger partial charge in [0.2, 0.25) is 0 Å². The maximum atomic E-state index is 9.92. The third-order valence-corrected chi connectivity index (χ3v) is 5.43. The molecule has 0 bridgehead atoms. The fourth-order valence-electron chi connectivity index (χ4n) is 3.58. The first-order valence-corrected chi connectivity index (χ1v) is 11.5. The van der Waals surface area contributed by atoms with Crippen molar-refractivity contribution >= 4 is 0 Å². The Morgan fingerprint density at radius 3 is 2.04 bits per heavy atom. The topological polar surface area (TPSA) is 79.2 Å². The number of hydrogen-bond acceptors (Lipinski definition) is 5. The maximum absolute atomic E-state index is 9.92. The smallest absolute Gasteiger partial charge is 0.114 e. The zero-order chi connectivity index (χ0) is 20.5. The van der Waals surface area contributed by atoms with E-state index in [-0.39, 0.29) is 13.2 Å². The second-order valence-electron chi connectivity index (χ2n) is 8.08. The van der Waals surface area contributed by atoms with Crippen molar-refractivity contribution in [2.75, 3.05) is 19.8 Å². The summed E-state index contributed by atoms with van der Waals surface area (Å²) >= 11 is 0. The number of aliphatic hydroxyl groups excluding tert-OH is 3. The Labute approximate surface area is 172 Å². The van der Waals surface area contributed by atoms with E-state index >= 15 is 0 Å². The molecule has 4 atom stereocenters. The Hall–Kier alpha value is -0.460. The van der Waals surface area contributed by atoms with Crippen LogP contribution in [0.15, 0.2) is 12.2 Å². The molecule has 0 spiro atoms. The number of rotatable bonds is 18. The molecule has 166 valence electrons. The van der Waals surface area contributed by atoms with Crippen molar-refractivity contribution in [3.63, 3.8) is 0 Å². The third-order valence-electron chi connectivity index (χ3n) is 5.43. The standard InChI is InChI=1S/C23H44O5/c1-2-3-4-5-6-7-8-9-10-11-12-13-14-15-16-17-27-18-21(25)23-22(26)20(24)19-28-23/h14-15,20-26H,2-13,16-19H2,1H3/b15-14+/t20-,21+,22-,23-/m0/s1. The molecule has 1 aliphatic rings. The molecule has 1 rings (SSSR count). The van der Waals surface area contributed by atoms with Crippen LogP contribution in [0.25, 0.3) is 0 Å². The summed E-state index contributed by atoms with van der Waals surface area (Å²) in [5, 5.41) is 29.0. The van der Waals surface area contributed by atoms with E-state index in [0.717, 1.165) is 12.8 Å². The van der Waals surface area contributed by atoms with Crippen LogP contribution in [-0.2, 0) is 9.47 Å². The monoisotopic (exact) mass is 400 g/mol. The predicted molar refractivity (Wildman–Crippen MR) is 113 cm³/mol. The molecule has 0 radical (unpaired) electrons. The Bertz CT molecular complexity index is 374. The van der Waals surface area contributed by atoms with Gasteiger partial charge in [-0.2, -0.15) is 0 Å². The summed E-state index contributed by atoms with van der Waals surface area (Å²) in [7, 11) is 0. The molecule has 5 heteroatoms. The van der Waals surface area contributed by atoms with Crippen molar-refractivity contribution in [3.8, 4) is 0 Å². The van der Waals surface area contributed by atoms with Gasteiger partial charge in [0.1, 0.15) is 24.4 Å². The molecule has 0 saturated carbocycles. The van der Waals surface area contributed by atoms with E-state index in [4.69, 9.17) is 9.47 Å².